The maximum absolute atomic E-state index is 2.99. The molecule has 8 aromatic rings. The summed E-state index contributed by atoms with van der Waals surface area (Å²) in [4.78, 5) is 0. The molecule has 0 radical (unpaired) electrons. The molecule has 378 valence electrons. The van der Waals surface area contributed by atoms with E-state index in [-0.39, 0.29) is 17.7 Å². The summed E-state index contributed by atoms with van der Waals surface area (Å²) in [7, 11) is 0. The van der Waals surface area contributed by atoms with Gasteiger partial charge in [-0.05, 0) is 227 Å². The van der Waals surface area contributed by atoms with Gasteiger partial charge in [-0.25, -0.2) is 0 Å². The molecule has 6 aromatic carbocycles. The molecule has 0 saturated heterocycles. The molecule has 75 heavy (non-hydrogen) atoms. The van der Waals surface area contributed by atoms with Gasteiger partial charge in [0.05, 0.1) is 11.0 Å². The SMILES string of the molecule is c1ccc(-c2cc3c4c(c2)-n2c5ccc(C67CCCC(CCC6)C7)cc5c5cc(C67CCCC(CCC6)C7)cc(c52)B4n2c4ccc(C56CCCC(CCC5)C6)cc4c4cc(C56CCCC(CCC5)C6)cc-3c42)cc1. The molecule has 0 atom stereocenters. The zero-order valence-electron chi connectivity index (χ0n) is 44.9. The molecular weight excluding hydrogens is 904 g/mol. The van der Waals surface area contributed by atoms with E-state index in [4.69, 9.17) is 0 Å². The molecule has 0 amide bonds. The Hall–Kier alpha value is -5.02. The summed E-state index contributed by atoms with van der Waals surface area (Å²) in [5.41, 5.74) is 24.1. The fraction of sp³-hybridized carbons (Fsp3) is 0.500. The summed E-state index contributed by atoms with van der Waals surface area (Å²) >= 11 is 0. The Morgan fingerprint density at radius 2 is 0.827 bits per heavy atom. The maximum Gasteiger partial charge on any atom is 0.333 e. The highest BCUT2D eigenvalue weighted by Crippen LogP contribution is 2.58. The van der Waals surface area contributed by atoms with Crippen LogP contribution in [0.4, 0.5) is 0 Å². The third-order valence-corrected chi connectivity index (χ3v) is 24.7. The van der Waals surface area contributed by atoms with Crippen molar-refractivity contribution < 1.29 is 0 Å². The van der Waals surface area contributed by atoms with Crippen LogP contribution in [-0.2, 0) is 21.7 Å². The van der Waals surface area contributed by atoms with Gasteiger partial charge in [0, 0.05) is 43.8 Å². The highest BCUT2D eigenvalue weighted by molar-refractivity contribution is 6.90. The average Bonchev–Trinajstić information content (AvgIpc) is 4.17. The molecule has 2 aliphatic heterocycles. The number of fused-ring (bicyclic) bond motifs is 18. The van der Waals surface area contributed by atoms with Gasteiger partial charge in [0.2, 0.25) is 0 Å². The maximum atomic E-state index is 2.99. The van der Waals surface area contributed by atoms with Crippen LogP contribution in [-0.4, -0.2) is 15.9 Å². The van der Waals surface area contributed by atoms with Gasteiger partial charge in [-0.15, -0.1) is 0 Å². The van der Waals surface area contributed by atoms with Crippen molar-refractivity contribution in [1.29, 1.82) is 0 Å². The van der Waals surface area contributed by atoms with E-state index in [0.717, 1.165) is 23.7 Å². The third-order valence-electron chi connectivity index (χ3n) is 24.7. The Bertz CT molecular complexity index is 3670. The Morgan fingerprint density at radius 1 is 0.373 bits per heavy atom. The van der Waals surface area contributed by atoms with Crippen LogP contribution in [0.3, 0.4) is 0 Å². The van der Waals surface area contributed by atoms with Crippen molar-refractivity contribution in [3.63, 3.8) is 0 Å². The zero-order chi connectivity index (χ0) is 48.8. The highest BCUT2D eigenvalue weighted by Gasteiger charge is 2.49. The standard InChI is InChI=1S/C72H77BN2/c1-2-20-50(21-3-1)51-34-58-61-39-54(71-30-8-16-48(44-71)17-9-31-71)38-59-57-37-53(70-28-6-14-47(43-70)15-7-29-70)23-25-64(57)75(67(59)61)73-62-41-55(72-32-10-18-49(45-72)19-11-33-72)40-60-56-36-52(69-26-4-12-46(42-69)13-5-27-69)22-24-63(56)74(68(60)62)65(35-51)66(58)73/h1-3,20-25,34-41,46-49H,4-19,26-33,42-45H2. The van der Waals surface area contributed by atoms with Crippen molar-refractivity contribution in [2.24, 2.45) is 23.7 Å². The van der Waals surface area contributed by atoms with Gasteiger partial charge in [-0.3, -0.25) is 0 Å². The second-order valence-corrected chi connectivity index (χ2v) is 28.3. The first kappa shape index (κ1) is 44.0. The fourth-order valence-corrected chi connectivity index (χ4v) is 21.5. The van der Waals surface area contributed by atoms with Crippen LogP contribution in [0.5, 0.6) is 0 Å². The first-order valence-electron chi connectivity index (χ1n) is 31.4. The monoisotopic (exact) mass is 981 g/mol. The van der Waals surface area contributed by atoms with Gasteiger partial charge in [0.1, 0.15) is 0 Å². The molecule has 8 fully saturated rings. The van der Waals surface area contributed by atoms with Gasteiger partial charge in [0.25, 0.3) is 0 Å². The minimum Gasteiger partial charge on any atom is -0.375 e. The minimum atomic E-state index is 0.0944. The van der Waals surface area contributed by atoms with Crippen LogP contribution in [0.1, 0.15) is 202 Å². The second-order valence-electron chi connectivity index (χ2n) is 28.3. The molecule has 2 aromatic heterocycles. The number of hydrogen-bond donors (Lipinski definition) is 0. The predicted octanol–water partition coefficient (Wildman–Crippen LogP) is 18.0. The van der Waals surface area contributed by atoms with Crippen LogP contribution in [0.15, 0.2) is 103 Å². The topological polar surface area (TPSA) is 9.86 Å². The molecular formula is C72H77BN2. The first-order chi connectivity index (χ1) is 36.9. The van der Waals surface area contributed by atoms with E-state index in [1.807, 2.05) is 0 Å². The Morgan fingerprint density at radius 3 is 1.36 bits per heavy atom. The van der Waals surface area contributed by atoms with Gasteiger partial charge in [0.15, 0.2) is 0 Å². The molecule has 0 N–H and O–H groups in total. The van der Waals surface area contributed by atoms with Crippen molar-refractivity contribution in [3.05, 3.63) is 125 Å². The van der Waals surface area contributed by atoms with E-state index in [1.165, 1.54) is 235 Å². The van der Waals surface area contributed by atoms with Gasteiger partial charge in [-0.1, -0.05) is 151 Å². The van der Waals surface area contributed by atoms with Crippen molar-refractivity contribution in [3.8, 4) is 27.9 Å². The van der Waals surface area contributed by atoms with Crippen molar-refractivity contribution >= 4 is 61.4 Å². The lowest BCUT2D eigenvalue weighted by Gasteiger charge is -2.46. The number of rotatable bonds is 5. The molecule has 8 aliphatic carbocycles. The first-order valence-corrected chi connectivity index (χ1v) is 31.4. The summed E-state index contributed by atoms with van der Waals surface area (Å²) in [5.74, 6) is 3.58. The lowest BCUT2D eigenvalue weighted by Crippen LogP contribution is -2.55. The van der Waals surface area contributed by atoms with E-state index >= 15 is 0 Å². The second kappa shape index (κ2) is 15.8. The van der Waals surface area contributed by atoms with Gasteiger partial charge in [-0.2, -0.15) is 0 Å². The molecule has 8 saturated carbocycles. The summed E-state index contributed by atoms with van der Waals surface area (Å²) in [6.07, 6.45) is 39.1. The van der Waals surface area contributed by atoms with Crippen LogP contribution >= 0.6 is 0 Å². The Balaban J connectivity index is 0.969. The Kier molecular flexibility index (Phi) is 9.28. The summed E-state index contributed by atoms with van der Waals surface area (Å²) < 4.78 is 5.84. The van der Waals surface area contributed by atoms with E-state index in [0.29, 0.717) is 10.8 Å². The third kappa shape index (κ3) is 6.12. The quantitative estimate of drug-likeness (QED) is 0.152. The molecule has 0 unspecified atom stereocenters. The van der Waals surface area contributed by atoms with Crippen molar-refractivity contribution in [2.45, 2.75) is 201 Å². The molecule has 18 rings (SSSR count). The van der Waals surface area contributed by atoms with Crippen molar-refractivity contribution in [2.75, 3.05) is 0 Å². The van der Waals surface area contributed by atoms with E-state index in [2.05, 4.69) is 112 Å². The lowest BCUT2D eigenvalue weighted by molar-refractivity contribution is 0.149. The minimum absolute atomic E-state index is 0.0944. The van der Waals surface area contributed by atoms with E-state index in [1.54, 1.807) is 49.3 Å². The van der Waals surface area contributed by atoms with E-state index < -0.39 is 0 Å². The fourth-order valence-electron chi connectivity index (χ4n) is 21.5. The molecule has 4 heterocycles. The highest BCUT2D eigenvalue weighted by atomic mass is 15.0. The van der Waals surface area contributed by atoms with Crippen LogP contribution in [0.2, 0.25) is 0 Å². The molecule has 0 spiro atoms. The smallest absolute Gasteiger partial charge is 0.333 e. The number of nitrogens with zero attached hydrogens (tertiary/aromatic N) is 2. The van der Waals surface area contributed by atoms with E-state index in [9.17, 15) is 0 Å². The van der Waals surface area contributed by atoms with Crippen LogP contribution in [0, 0.1) is 23.7 Å². The summed E-state index contributed by atoms with van der Waals surface area (Å²) in [6.45, 7) is 0.0944. The molecule has 8 bridgehead atoms. The molecule has 2 nitrogen and oxygen atoms in total. The van der Waals surface area contributed by atoms with Crippen molar-refractivity contribution in [1.82, 2.24) is 9.05 Å². The zero-order valence-corrected chi connectivity index (χ0v) is 44.9. The summed E-state index contributed by atoms with van der Waals surface area (Å²) in [6, 6.07) is 44.5. The lowest BCUT2D eigenvalue weighted by atomic mass is 9.45. The largest absolute Gasteiger partial charge is 0.375 e. The van der Waals surface area contributed by atoms with Crippen LogP contribution in [0.25, 0.3) is 71.6 Å². The van der Waals surface area contributed by atoms with Crippen LogP contribution < -0.4 is 10.9 Å². The number of hydrogen-bond acceptors (Lipinski definition) is 0. The molecule has 3 heteroatoms. The average molecular weight is 981 g/mol. The predicted molar refractivity (Wildman–Crippen MR) is 315 cm³/mol. The van der Waals surface area contributed by atoms with Gasteiger partial charge >= 0.3 is 6.85 Å². The molecule has 10 aliphatic rings. The number of benzene rings is 6. The summed E-state index contributed by atoms with van der Waals surface area (Å²) in [5, 5.41) is 6.17. The van der Waals surface area contributed by atoms with Gasteiger partial charge < -0.3 is 9.05 Å². The number of aromatic nitrogens is 2. The normalized spacial score (nSPS) is 32.3. The Labute approximate surface area is 446 Å².